The average molecular weight is 464 g/mol. The Morgan fingerprint density at radius 1 is 1.12 bits per heavy atom. The number of nitrogens with zero attached hydrogens (tertiary/aromatic N) is 1. The van der Waals surface area contributed by atoms with Crippen LogP contribution < -0.4 is 15.4 Å². The molecule has 1 aromatic rings. The van der Waals surface area contributed by atoms with Crippen molar-refractivity contribution in [2.75, 3.05) is 26.3 Å². The molecule has 0 bridgehead atoms. The van der Waals surface area contributed by atoms with E-state index in [0.29, 0.717) is 44.0 Å². The number of carbonyl (C=O) groups excluding carboxylic acids is 3. The molecule has 0 aliphatic carbocycles. The molecule has 1 aliphatic heterocycles. The van der Waals surface area contributed by atoms with Gasteiger partial charge in [0.15, 0.2) is 5.11 Å². The summed E-state index contributed by atoms with van der Waals surface area (Å²) in [7, 11) is 0. The van der Waals surface area contributed by atoms with Crippen LogP contribution >= 0.6 is 12.2 Å². The predicted molar refractivity (Wildman–Crippen MR) is 126 cm³/mol. The summed E-state index contributed by atoms with van der Waals surface area (Å²) >= 11 is 5.38. The molecule has 9 heteroatoms. The van der Waals surface area contributed by atoms with Crippen LogP contribution in [-0.4, -0.2) is 60.1 Å². The molecule has 2 amide bonds. The van der Waals surface area contributed by atoms with E-state index in [4.69, 9.17) is 21.7 Å². The van der Waals surface area contributed by atoms with Gasteiger partial charge in [0.05, 0.1) is 19.6 Å². The minimum atomic E-state index is -0.815. The average Bonchev–Trinajstić information content (AvgIpc) is 2.79. The van der Waals surface area contributed by atoms with Crippen molar-refractivity contribution in [3.05, 3.63) is 29.8 Å². The number of amides is 2. The second-order valence-electron chi connectivity index (χ2n) is 7.62. The smallest absolute Gasteiger partial charge is 0.308 e. The molecule has 2 N–H and O–H groups in total. The van der Waals surface area contributed by atoms with Crippen LogP contribution in [0.25, 0.3) is 0 Å². The third-order valence-electron chi connectivity index (χ3n) is 5.02. The fraction of sp³-hybridized carbons (Fsp3) is 0.565. The van der Waals surface area contributed by atoms with Crippen LogP contribution in [0.15, 0.2) is 24.3 Å². The highest BCUT2D eigenvalue weighted by Crippen LogP contribution is 2.14. The summed E-state index contributed by atoms with van der Waals surface area (Å²) in [5, 5.41) is 5.49. The van der Waals surface area contributed by atoms with Gasteiger partial charge in [-0.1, -0.05) is 33.1 Å². The molecule has 8 nitrogen and oxygen atoms in total. The van der Waals surface area contributed by atoms with Crippen LogP contribution in [0.3, 0.4) is 0 Å². The normalized spacial score (nSPS) is 15.6. The number of unbranched alkanes of at least 4 members (excludes halogenated alkanes) is 3. The molecule has 0 aromatic heterocycles. The molecule has 1 atom stereocenters. The quantitative estimate of drug-likeness (QED) is 0.296. The summed E-state index contributed by atoms with van der Waals surface area (Å²) in [5.74, 6) is -0.471. The van der Waals surface area contributed by atoms with Gasteiger partial charge in [-0.15, -0.1) is 0 Å². The molecular weight excluding hydrogens is 430 g/mol. The summed E-state index contributed by atoms with van der Waals surface area (Å²) in [6.45, 7) is 5.77. The van der Waals surface area contributed by atoms with E-state index in [1.807, 2.05) is 6.92 Å². The topological polar surface area (TPSA) is 97.0 Å². The second-order valence-corrected chi connectivity index (χ2v) is 8.00. The van der Waals surface area contributed by atoms with E-state index in [2.05, 4.69) is 17.6 Å². The standard InChI is InChI=1S/C23H33N3O5S/c1-3-5-6-7-15-30-18-10-8-17(9-11-18)21(28)25-23(32)26-13-12-24-22(29)19(26)16-20(27)31-14-4-2/h8-11,19H,3-7,12-16H2,1-2H3,(H,24,29)(H,25,28,32). The SMILES string of the molecule is CCCCCCOc1ccc(C(=O)NC(=S)N2CCNC(=O)C2CC(=O)OCCC)cc1. The Labute approximate surface area is 195 Å². The molecule has 0 radical (unpaired) electrons. The monoisotopic (exact) mass is 463 g/mol. The Morgan fingerprint density at radius 2 is 1.88 bits per heavy atom. The van der Waals surface area contributed by atoms with Gasteiger partial charge in [-0.3, -0.25) is 19.7 Å². The van der Waals surface area contributed by atoms with Gasteiger partial charge in [0.2, 0.25) is 5.91 Å². The lowest BCUT2D eigenvalue weighted by Crippen LogP contribution is -2.60. The molecule has 0 saturated carbocycles. The number of benzene rings is 1. The summed E-state index contributed by atoms with van der Waals surface area (Å²) in [6, 6.07) is 6.02. The molecule has 1 aromatic carbocycles. The number of hydrogen-bond acceptors (Lipinski definition) is 6. The number of piperazine rings is 1. The van der Waals surface area contributed by atoms with Gasteiger partial charge in [-0.25, -0.2) is 0 Å². The Balaban J connectivity index is 1.91. The van der Waals surface area contributed by atoms with E-state index in [9.17, 15) is 14.4 Å². The fourth-order valence-corrected chi connectivity index (χ4v) is 3.57. The lowest BCUT2D eigenvalue weighted by molar-refractivity contribution is -0.147. The van der Waals surface area contributed by atoms with Crippen molar-refractivity contribution in [1.82, 2.24) is 15.5 Å². The third-order valence-corrected chi connectivity index (χ3v) is 5.36. The highest BCUT2D eigenvalue weighted by molar-refractivity contribution is 7.80. The van der Waals surface area contributed by atoms with Crippen LogP contribution in [0.4, 0.5) is 0 Å². The zero-order valence-electron chi connectivity index (χ0n) is 18.9. The Hall–Kier alpha value is -2.68. The Kier molecular flexibility index (Phi) is 10.9. The molecule has 1 fully saturated rings. The first-order valence-electron chi connectivity index (χ1n) is 11.2. The molecular formula is C23H33N3O5S. The number of carbonyl (C=O) groups is 3. The van der Waals surface area contributed by atoms with E-state index in [1.54, 1.807) is 29.2 Å². The first-order valence-corrected chi connectivity index (χ1v) is 11.6. The van der Waals surface area contributed by atoms with E-state index in [0.717, 1.165) is 12.8 Å². The van der Waals surface area contributed by atoms with E-state index in [1.165, 1.54) is 12.8 Å². The van der Waals surface area contributed by atoms with Gasteiger partial charge in [0, 0.05) is 18.7 Å². The Bertz CT molecular complexity index is 784. The molecule has 2 rings (SSSR count). The largest absolute Gasteiger partial charge is 0.494 e. The van der Waals surface area contributed by atoms with Crippen molar-refractivity contribution in [2.45, 2.75) is 58.4 Å². The molecule has 32 heavy (non-hydrogen) atoms. The molecule has 176 valence electrons. The molecule has 0 spiro atoms. The van der Waals surface area contributed by atoms with E-state index < -0.39 is 12.0 Å². The van der Waals surface area contributed by atoms with Crippen LogP contribution in [-0.2, 0) is 14.3 Å². The maximum Gasteiger partial charge on any atom is 0.308 e. The number of esters is 1. The number of nitrogens with one attached hydrogen (secondary N) is 2. The summed E-state index contributed by atoms with van der Waals surface area (Å²) in [5.41, 5.74) is 0.422. The highest BCUT2D eigenvalue weighted by Gasteiger charge is 2.34. The maximum absolute atomic E-state index is 12.6. The maximum atomic E-state index is 12.6. The van der Waals surface area contributed by atoms with E-state index >= 15 is 0 Å². The second kappa shape index (κ2) is 13.7. The van der Waals surface area contributed by atoms with Gasteiger partial charge < -0.3 is 19.7 Å². The minimum Gasteiger partial charge on any atom is -0.494 e. The van der Waals surface area contributed by atoms with Gasteiger partial charge >= 0.3 is 5.97 Å². The first-order chi connectivity index (χ1) is 15.5. The number of hydrogen-bond donors (Lipinski definition) is 2. The van der Waals surface area contributed by atoms with Gasteiger partial charge in [0.25, 0.3) is 5.91 Å². The molecule has 1 saturated heterocycles. The van der Waals surface area contributed by atoms with Gasteiger partial charge in [0.1, 0.15) is 11.8 Å². The van der Waals surface area contributed by atoms with Crippen molar-refractivity contribution < 1.29 is 23.9 Å². The van der Waals surface area contributed by atoms with Crippen LogP contribution in [0, 0.1) is 0 Å². The zero-order valence-corrected chi connectivity index (χ0v) is 19.7. The molecule has 1 unspecified atom stereocenters. The van der Waals surface area contributed by atoms with E-state index in [-0.39, 0.29) is 23.3 Å². The van der Waals surface area contributed by atoms with Crippen molar-refractivity contribution >= 4 is 35.1 Å². The highest BCUT2D eigenvalue weighted by atomic mass is 32.1. The molecule has 1 aliphatic rings. The third kappa shape index (κ3) is 8.11. The van der Waals surface area contributed by atoms with Crippen molar-refractivity contribution in [1.29, 1.82) is 0 Å². The van der Waals surface area contributed by atoms with Crippen molar-refractivity contribution in [3.8, 4) is 5.75 Å². The van der Waals surface area contributed by atoms with Crippen LogP contribution in [0.1, 0.15) is 62.7 Å². The lowest BCUT2D eigenvalue weighted by atomic mass is 10.1. The molecule has 1 heterocycles. The van der Waals surface area contributed by atoms with Crippen molar-refractivity contribution in [2.24, 2.45) is 0 Å². The summed E-state index contributed by atoms with van der Waals surface area (Å²) in [6.07, 6.45) is 5.08. The Morgan fingerprint density at radius 3 is 2.56 bits per heavy atom. The van der Waals surface area contributed by atoms with Crippen molar-refractivity contribution in [3.63, 3.8) is 0 Å². The fourth-order valence-electron chi connectivity index (χ4n) is 3.26. The first kappa shape index (κ1) is 25.6. The lowest BCUT2D eigenvalue weighted by Gasteiger charge is -2.36. The van der Waals surface area contributed by atoms with Gasteiger partial charge in [-0.05, 0) is 49.3 Å². The number of rotatable bonds is 11. The summed E-state index contributed by atoms with van der Waals surface area (Å²) < 4.78 is 10.8. The number of ether oxygens (including phenoxy) is 2. The number of thiocarbonyl (C=S) groups is 1. The van der Waals surface area contributed by atoms with Crippen LogP contribution in [0.5, 0.6) is 5.75 Å². The van der Waals surface area contributed by atoms with Crippen LogP contribution in [0.2, 0.25) is 0 Å². The zero-order chi connectivity index (χ0) is 23.3. The summed E-state index contributed by atoms with van der Waals surface area (Å²) in [4.78, 5) is 38.5. The minimum absolute atomic E-state index is 0.106. The van der Waals surface area contributed by atoms with Gasteiger partial charge in [-0.2, -0.15) is 0 Å². The predicted octanol–water partition coefficient (Wildman–Crippen LogP) is 2.80.